The van der Waals surface area contributed by atoms with Gasteiger partial charge in [0.05, 0.1) is 11.4 Å². The predicted octanol–water partition coefficient (Wildman–Crippen LogP) is 2.29. The van der Waals surface area contributed by atoms with Crippen molar-refractivity contribution in [2.45, 2.75) is 31.7 Å². The quantitative estimate of drug-likeness (QED) is 0.871. The van der Waals surface area contributed by atoms with Crippen LogP contribution in [0, 0.1) is 0 Å². The molecule has 0 aliphatic heterocycles. The Morgan fingerprint density at radius 1 is 1.31 bits per heavy atom. The Balaban J connectivity index is 2.22. The minimum absolute atomic E-state index is 0.461. The molecule has 2 aromatic heterocycles. The molecule has 6 heteroatoms. The van der Waals surface area contributed by atoms with Crippen LogP contribution in [0.25, 0.3) is 11.0 Å². The molecule has 1 aliphatic carbocycles. The second kappa shape index (κ2) is 3.69. The minimum atomic E-state index is 0.461. The van der Waals surface area contributed by atoms with Crippen LogP contribution in [-0.4, -0.2) is 19.7 Å². The van der Waals surface area contributed by atoms with Crippen LogP contribution in [-0.2, 0) is 0 Å². The largest absolute Gasteiger partial charge is 0.383 e. The number of halogens is 1. The highest BCUT2D eigenvalue weighted by molar-refractivity contribution is 9.10. The fourth-order valence-electron chi connectivity index (χ4n) is 2.36. The molecule has 2 N–H and O–H groups in total. The number of rotatable bonds is 1. The molecule has 1 fully saturated rings. The molecule has 0 amide bonds. The molecular formula is C10H12BrN5. The summed E-state index contributed by atoms with van der Waals surface area (Å²) in [5, 5.41) is 5.31. The maximum atomic E-state index is 5.83. The molecule has 1 aliphatic rings. The molecule has 0 radical (unpaired) electrons. The number of nitrogen functional groups attached to an aromatic ring is 1. The lowest BCUT2D eigenvalue weighted by molar-refractivity contribution is 0.476. The van der Waals surface area contributed by atoms with E-state index in [9.17, 15) is 0 Å². The van der Waals surface area contributed by atoms with Crippen molar-refractivity contribution in [1.29, 1.82) is 0 Å². The summed E-state index contributed by atoms with van der Waals surface area (Å²) in [6, 6.07) is 0.461. The summed E-state index contributed by atoms with van der Waals surface area (Å²) in [5.41, 5.74) is 6.67. The summed E-state index contributed by atoms with van der Waals surface area (Å²) in [6.07, 6.45) is 6.38. The SMILES string of the molecule is Nc1ncnc2c1c(Br)nn2C1CCCC1. The second-order valence-corrected chi connectivity index (χ2v) is 4.88. The average Bonchev–Trinajstić information content (AvgIpc) is 2.86. The predicted molar refractivity (Wildman–Crippen MR) is 64.9 cm³/mol. The van der Waals surface area contributed by atoms with Crippen molar-refractivity contribution >= 4 is 32.8 Å². The molecule has 0 atom stereocenters. The molecule has 0 spiro atoms. The third-order valence-electron chi connectivity index (χ3n) is 3.15. The van der Waals surface area contributed by atoms with Gasteiger partial charge in [-0.1, -0.05) is 12.8 Å². The Kier molecular flexibility index (Phi) is 2.31. The highest BCUT2D eigenvalue weighted by atomic mass is 79.9. The van der Waals surface area contributed by atoms with Gasteiger partial charge in [-0.05, 0) is 28.8 Å². The molecule has 1 saturated carbocycles. The van der Waals surface area contributed by atoms with Crippen LogP contribution in [0.15, 0.2) is 10.9 Å². The molecule has 16 heavy (non-hydrogen) atoms. The first-order valence-corrected chi connectivity index (χ1v) is 6.21. The van der Waals surface area contributed by atoms with E-state index >= 15 is 0 Å². The van der Waals surface area contributed by atoms with Gasteiger partial charge in [0.25, 0.3) is 0 Å². The van der Waals surface area contributed by atoms with E-state index in [0.29, 0.717) is 11.9 Å². The molecule has 0 saturated heterocycles. The van der Waals surface area contributed by atoms with Crippen LogP contribution in [0.1, 0.15) is 31.7 Å². The maximum absolute atomic E-state index is 5.83. The van der Waals surface area contributed by atoms with Crippen LogP contribution in [0.4, 0.5) is 5.82 Å². The minimum Gasteiger partial charge on any atom is -0.383 e. The van der Waals surface area contributed by atoms with Crippen molar-refractivity contribution in [2.24, 2.45) is 0 Å². The van der Waals surface area contributed by atoms with Crippen molar-refractivity contribution in [3.63, 3.8) is 0 Å². The first-order chi connectivity index (χ1) is 7.77. The summed E-state index contributed by atoms with van der Waals surface area (Å²) >= 11 is 3.42. The summed E-state index contributed by atoms with van der Waals surface area (Å²) in [6.45, 7) is 0. The Bertz CT molecular complexity index is 529. The number of fused-ring (bicyclic) bond motifs is 1. The Morgan fingerprint density at radius 3 is 2.81 bits per heavy atom. The number of hydrogen-bond acceptors (Lipinski definition) is 4. The zero-order valence-corrected chi connectivity index (χ0v) is 10.3. The first-order valence-electron chi connectivity index (χ1n) is 5.41. The molecule has 3 rings (SSSR count). The van der Waals surface area contributed by atoms with Gasteiger partial charge in [-0.15, -0.1) is 0 Å². The van der Waals surface area contributed by atoms with E-state index < -0.39 is 0 Å². The van der Waals surface area contributed by atoms with E-state index in [2.05, 4.69) is 31.0 Å². The fraction of sp³-hybridized carbons (Fsp3) is 0.500. The van der Waals surface area contributed by atoms with Crippen LogP contribution in [0.5, 0.6) is 0 Å². The summed E-state index contributed by atoms with van der Waals surface area (Å²) in [5.74, 6) is 0.487. The van der Waals surface area contributed by atoms with Crippen molar-refractivity contribution in [3.05, 3.63) is 10.9 Å². The molecule has 0 aromatic carbocycles. The topological polar surface area (TPSA) is 69.6 Å². The molecule has 0 unspecified atom stereocenters. The van der Waals surface area contributed by atoms with Crippen molar-refractivity contribution in [1.82, 2.24) is 19.7 Å². The first kappa shape index (κ1) is 10.0. The van der Waals surface area contributed by atoms with Gasteiger partial charge in [0.15, 0.2) is 5.65 Å². The summed E-state index contributed by atoms with van der Waals surface area (Å²) < 4.78 is 2.73. The van der Waals surface area contributed by atoms with E-state index in [-0.39, 0.29) is 0 Å². The summed E-state index contributed by atoms with van der Waals surface area (Å²) in [7, 11) is 0. The van der Waals surface area contributed by atoms with E-state index in [1.165, 1.54) is 32.0 Å². The number of nitrogens with zero attached hydrogens (tertiary/aromatic N) is 4. The summed E-state index contributed by atoms with van der Waals surface area (Å²) in [4.78, 5) is 8.28. The number of anilines is 1. The molecule has 5 nitrogen and oxygen atoms in total. The van der Waals surface area contributed by atoms with E-state index in [1.807, 2.05) is 4.68 Å². The van der Waals surface area contributed by atoms with Gasteiger partial charge in [0.2, 0.25) is 0 Å². The Morgan fingerprint density at radius 2 is 2.06 bits per heavy atom. The lowest BCUT2D eigenvalue weighted by Crippen LogP contribution is -2.07. The van der Waals surface area contributed by atoms with Gasteiger partial charge in [-0.3, -0.25) is 0 Å². The van der Waals surface area contributed by atoms with Gasteiger partial charge in [0.1, 0.15) is 16.7 Å². The molecule has 2 aromatic rings. The van der Waals surface area contributed by atoms with Crippen LogP contribution < -0.4 is 5.73 Å². The van der Waals surface area contributed by atoms with E-state index in [0.717, 1.165) is 15.6 Å². The van der Waals surface area contributed by atoms with Gasteiger partial charge < -0.3 is 5.73 Å². The number of hydrogen-bond donors (Lipinski definition) is 1. The van der Waals surface area contributed by atoms with Crippen molar-refractivity contribution < 1.29 is 0 Å². The second-order valence-electron chi connectivity index (χ2n) is 4.13. The smallest absolute Gasteiger partial charge is 0.164 e. The third kappa shape index (κ3) is 1.40. The van der Waals surface area contributed by atoms with Crippen molar-refractivity contribution in [3.8, 4) is 0 Å². The van der Waals surface area contributed by atoms with E-state index in [1.54, 1.807) is 0 Å². The lowest BCUT2D eigenvalue weighted by atomic mass is 10.2. The Hall–Kier alpha value is -1.17. The van der Waals surface area contributed by atoms with Crippen LogP contribution in [0.2, 0.25) is 0 Å². The van der Waals surface area contributed by atoms with Gasteiger partial charge in [-0.2, -0.15) is 5.10 Å². The normalized spacial score (nSPS) is 17.3. The Labute approximate surface area is 101 Å². The number of aromatic nitrogens is 4. The van der Waals surface area contributed by atoms with Gasteiger partial charge in [-0.25, -0.2) is 14.6 Å². The number of nitrogens with two attached hydrogens (primary N) is 1. The van der Waals surface area contributed by atoms with Crippen molar-refractivity contribution in [2.75, 3.05) is 5.73 Å². The zero-order chi connectivity index (χ0) is 11.1. The fourth-order valence-corrected chi connectivity index (χ4v) is 2.91. The molecule has 0 bridgehead atoms. The highest BCUT2D eigenvalue weighted by Crippen LogP contribution is 2.34. The standard InChI is InChI=1S/C10H12BrN5/c11-8-7-9(12)13-5-14-10(7)16(15-8)6-3-1-2-4-6/h5-6H,1-4H2,(H2,12,13,14). The lowest BCUT2D eigenvalue weighted by Gasteiger charge is -2.09. The highest BCUT2D eigenvalue weighted by Gasteiger charge is 2.22. The van der Waals surface area contributed by atoms with Crippen LogP contribution >= 0.6 is 15.9 Å². The van der Waals surface area contributed by atoms with E-state index in [4.69, 9.17) is 5.73 Å². The monoisotopic (exact) mass is 281 g/mol. The van der Waals surface area contributed by atoms with Gasteiger partial charge >= 0.3 is 0 Å². The third-order valence-corrected chi connectivity index (χ3v) is 3.70. The zero-order valence-electron chi connectivity index (χ0n) is 8.73. The van der Waals surface area contributed by atoms with Gasteiger partial charge in [0, 0.05) is 0 Å². The maximum Gasteiger partial charge on any atom is 0.164 e. The molecule has 84 valence electrons. The average molecular weight is 282 g/mol. The molecular weight excluding hydrogens is 270 g/mol. The molecule has 2 heterocycles. The van der Waals surface area contributed by atoms with Crippen LogP contribution in [0.3, 0.4) is 0 Å².